The van der Waals surface area contributed by atoms with Gasteiger partial charge in [-0.3, -0.25) is 0 Å². The maximum absolute atomic E-state index is 14.6. The summed E-state index contributed by atoms with van der Waals surface area (Å²) >= 11 is 0. The van der Waals surface area contributed by atoms with Crippen LogP contribution < -0.4 is 16.0 Å². The van der Waals surface area contributed by atoms with E-state index in [4.69, 9.17) is 10.1 Å². The van der Waals surface area contributed by atoms with E-state index < -0.39 is 23.4 Å². The van der Waals surface area contributed by atoms with Crippen LogP contribution in [0.2, 0.25) is 0 Å². The van der Waals surface area contributed by atoms with Gasteiger partial charge in [0.25, 0.3) is 0 Å². The Hall–Kier alpha value is -3.35. The quantitative estimate of drug-likeness (QED) is 0.335. The van der Waals surface area contributed by atoms with E-state index in [1.165, 1.54) is 6.92 Å². The van der Waals surface area contributed by atoms with Crippen molar-refractivity contribution in [2.75, 3.05) is 10.6 Å². The number of aliphatic hydroxyl groups excluding tert-OH is 1. The average molecular weight is 433 g/mol. The number of pyridine rings is 1. The lowest BCUT2D eigenvalue weighted by Crippen LogP contribution is -2.50. The highest BCUT2D eigenvalue weighted by atomic mass is 19.1. The maximum atomic E-state index is 14.6. The molecule has 0 bridgehead atoms. The largest absolute Gasteiger partial charge is 0.494 e. The molecule has 1 saturated carbocycles. The number of amides is 1. The standard InChI is InChI=1S/C21H29FN6O3/c1-12(24)9-17(29)27-18-13(11-23)10-14(22)19(28-18)25-15-7-5-6-8-16(15)26-20(30)31-21(2,3)4/h9-10,15-16,24,29H,5-8H2,1-4H3,(H,26,30)(H2,25,27,28)/b17-9-,24-12?/t15-,16?/m1/s1. The van der Waals surface area contributed by atoms with Gasteiger partial charge in [-0.15, -0.1) is 0 Å². The molecule has 1 aromatic rings. The highest BCUT2D eigenvalue weighted by Crippen LogP contribution is 2.26. The van der Waals surface area contributed by atoms with Gasteiger partial charge in [-0.1, -0.05) is 12.8 Å². The monoisotopic (exact) mass is 432 g/mol. The van der Waals surface area contributed by atoms with Gasteiger partial charge in [0.2, 0.25) is 0 Å². The summed E-state index contributed by atoms with van der Waals surface area (Å²) in [6.45, 7) is 6.79. The van der Waals surface area contributed by atoms with E-state index >= 15 is 0 Å². The van der Waals surface area contributed by atoms with E-state index in [1.54, 1.807) is 20.8 Å². The third-order valence-corrected chi connectivity index (χ3v) is 4.49. The Morgan fingerprint density at radius 2 is 2.00 bits per heavy atom. The van der Waals surface area contributed by atoms with Gasteiger partial charge in [-0.25, -0.2) is 14.2 Å². The Bertz CT molecular complexity index is 904. The van der Waals surface area contributed by atoms with Gasteiger partial charge in [0.15, 0.2) is 23.3 Å². The van der Waals surface area contributed by atoms with E-state index in [1.807, 2.05) is 6.07 Å². The van der Waals surface area contributed by atoms with Crippen molar-refractivity contribution in [3.8, 4) is 6.07 Å². The van der Waals surface area contributed by atoms with Crippen LogP contribution >= 0.6 is 0 Å². The van der Waals surface area contributed by atoms with Crippen molar-refractivity contribution in [1.82, 2.24) is 10.3 Å². The van der Waals surface area contributed by atoms with Crippen LogP contribution in [0.15, 0.2) is 18.0 Å². The van der Waals surface area contributed by atoms with Crippen molar-refractivity contribution in [3.63, 3.8) is 0 Å². The van der Waals surface area contributed by atoms with Gasteiger partial charge in [0, 0.05) is 17.8 Å². The first-order valence-corrected chi connectivity index (χ1v) is 10.1. The summed E-state index contributed by atoms with van der Waals surface area (Å²) in [5, 5.41) is 34.9. The van der Waals surface area contributed by atoms with Crippen LogP contribution in [0.4, 0.5) is 20.8 Å². The Balaban J connectivity index is 2.22. The molecule has 0 aliphatic heterocycles. The van der Waals surface area contributed by atoms with Crippen LogP contribution in [0.3, 0.4) is 0 Å². The number of hydrogen-bond acceptors (Lipinski definition) is 8. The van der Waals surface area contributed by atoms with Crippen molar-refractivity contribution in [1.29, 1.82) is 10.7 Å². The molecule has 2 rings (SSSR count). The number of aliphatic hydroxyl groups is 1. The first-order valence-electron chi connectivity index (χ1n) is 10.1. The fraction of sp³-hybridized carbons (Fsp3) is 0.524. The Labute approximate surface area is 181 Å². The zero-order valence-electron chi connectivity index (χ0n) is 18.2. The van der Waals surface area contributed by atoms with Crippen LogP contribution in [0.25, 0.3) is 0 Å². The highest BCUT2D eigenvalue weighted by Gasteiger charge is 2.29. The summed E-state index contributed by atoms with van der Waals surface area (Å²) in [7, 11) is 0. The first kappa shape index (κ1) is 23.9. The van der Waals surface area contributed by atoms with Gasteiger partial charge in [0.05, 0.1) is 11.6 Å². The van der Waals surface area contributed by atoms with Gasteiger partial charge in [-0.05, 0) is 46.6 Å². The fourth-order valence-electron chi connectivity index (χ4n) is 3.24. The summed E-state index contributed by atoms with van der Waals surface area (Å²) in [6, 6.07) is 2.26. The molecule has 0 radical (unpaired) electrons. The minimum Gasteiger partial charge on any atom is -0.494 e. The van der Waals surface area contributed by atoms with Crippen molar-refractivity contribution in [2.24, 2.45) is 0 Å². The minimum atomic E-state index is -0.726. The number of carbonyl (C=O) groups excluding carboxylic acids is 1. The number of anilines is 2. The van der Waals surface area contributed by atoms with Gasteiger partial charge in [0.1, 0.15) is 11.7 Å². The second-order valence-electron chi connectivity index (χ2n) is 8.45. The molecule has 9 nitrogen and oxygen atoms in total. The number of ether oxygens (including phenoxy) is 1. The molecule has 5 N–H and O–H groups in total. The number of allylic oxidation sites excluding steroid dienone is 1. The molecule has 0 spiro atoms. The molecule has 2 atom stereocenters. The number of carbonyl (C=O) groups is 1. The predicted octanol–water partition coefficient (Wildman–Crippen LogP) is 4.19. The van der Waals surface area contributed by atoms with Crippen LogP contribution in [-0.4, -0.2) is 39.6 Å². The minimum absolute atomic E-state index is 0.0474. The third-order valence-electron chi connectivity index (χ3n) is 4.49. The van der Waals surface area contributed by atoms with E-state index in [9.17, 15) is 19.6 Å². The lowest BCUT2D eigenvalue weighted by Gasteiger charge is -2.33. The molecule has 1 unspecified atom stereocenters. The number of nitrogens with one attached hydrogen (secondary N) is 4. The molecular formula is C21H29FN6O3. The summed E-state index contributed by atoms with van der Waals surface area (Å²) in [4.78, 5) is 16.3. The lowest BCUT2D eigenvalue weighted by atomic mass is 9.90. The molecule has 0 saturated heterocycles. The number of rotatable bonds is 6. The second-order valence-corrected chi connectivity index (χ2v) is 8.45. The summed E-state index contributed by atoms with van der Waals surface area (Å²) in [5.41, 5.74) is -0.646. The molecule has 10 heteroatoms. The van der Waals surface area contributed by atoms with Crippen molar-refractivity contribution < 1.29 is 19.0 Å². The van der Waals surface area contributed by atoms with E-state index in [0.29, 0.717) is 12.8 Å². The van der Waals surface area contributed by atoms with Gasteiger partial charge in [-0.2, -0.15) is 5.26 Å². The Morgan fingerprint density at radius 1 is 1.35 bits per heavy atom. The molecule has 1 aromatic heterocycles. The highest BCUT2D eigenvalue weighted by molar-refractivity contribution is 5.90. The SMILES string of the molecule is CC(=N)/C=C(\O)Nc1nc(N[C@@H]2CCCCC2NC(=O)OC(C)(C)C)c(F)cc1C#N. The molecule has 1 amide bonds. The van der Waals surface area contributed by atoms with Crippen LogP contribution in [0.1, 0.15) is 58.9 Å². The van der Waals surface area contributed by atoms with Crippen LogP contribution in [0.5, 0.6) is 0 Å². The third kappa shape index (κ3) is 7.44. The molecular weight excluding hydrogens is 403 g/mol. The summed E-state index contributed by atoms with van der Waals surface area (Å²) in [5.74, 6) is -1.27. The van der Waals surface area contributed by atoms with Crippen molar-refractivity contribution in [2.45, 2.75) is 71.1 Å². The number of hydrogen-bond donors (Lipinski definition) is 5. The molecule has 0 aromatic carbocycles. The number of alkyl carbamates (subject to hydrolysis) is 1. The first-order chi connectivity index (χ1) is 14.5. The van der Waals surface area contributed by atoms with Gasteiger partial charge < -0.3 is 31.2 Å². The van der Waals surface area contributed by atoms with Crippen molar-refractivity contribution >= 4 is 23.4 Å². The number of halogens is 1. The average Bonchev–Trinajstić information content (AvgIpc) is 2.63. The second kappa shape index (κ2) is 10.1. The van der Waals surface area contributed by atoms with Crippen molar-refractivity contribution in [3.05, 3.63) is 29.4 Å². The smallest absolute Gasteiger partial charge is 0.407 e. The molecule has 1 heterocycles. The van der Waals surface area contributed by atoms with E-state index in [0.717, 1.165) is 25.0 Å². The zero-order chi connectivity index (χ0) is 23.2. The normalized spacial score (nSPS) is 19.2. The number of nitrogens with zero attached hydrogens (tertiary/aromatic N) is 2. The summed E-state index contributed by atoms with van der Waals surface area (Å²) in [6.07, 6.45) is 3.79. The summed E-state index contributed by atoms with van der Waals surface area (Å²) < 4.78 is 19.9. The van der Waals surface area contributed by atoms with E-state index in [2.05, 4.69) is 20.9 Å². The molecule has 1 aliphatic rings. The Kier molecular flexibility index (Phi) is 7.80. The zero-order valence-corrected chi connectivity index (χ0v) is 18.2. The van der Waals surface area contributed by atoms with Crippen LogP contribution in [-0.2, 0) is 4.74 Å². The maximum Gasteiger partial charge on any atom is 0.407 e. The van der Waals surface area contributed by atoms with Crippen LogP contribution in [0, 0.1) is 22.6 Å². The molecule has 168 valence electrons. The van der Waals surface area contributed by atoms with Gasteiger partial charge >= 0.3 is 6.09 Å². The predicted molar refractivity (Wildman–Crippen MR) is 116 cm³/mol. The van der Waals surface area contributed by atoms with E-state index in [-0.39, 0.29) is 35.0 Å². The molecule has 31 heavy (non-hydrogen) atoms. The Morgan fingerprint density at radius 3 is 2.58 bits per heavy atom. The lowest BCUT2D eigenvalue weighted by molar-refractivity contribution is 0.0488. The molecule has 1 fully saturated rings. The number of nitriles is 1. The molecule has 1 aliphatic carbocycles. The number of aromatic nitrogens is 1. The topological polar surface area (TPSA) is 143 Å². The fourth-order valence-corrected chi connectivity index (χ4v) is 3.24.